The second-order valence-corrected chi connectivity index (χ2v) is 15.2. The molecular weight excluding hydrogens is 618 g/mol. The highest BCUT2D eigenvalue weighted by Crippen LogP contribution is 2.39. The number of benzene rings is 2. The fourth-order valence-electron chi connectivity index (χ4n) is 2.83. The molecule has 0 heterocycles. The Balaban J connectivity index is 1.81. The molecule has 1 aliphatic carbocycles. The van der Waals surface area contributed by atoms with Crippen LogP contribution in [0.15, 0.2) is 47.4 Å². The van der Waals surface area contributed by atoms with Gasteiger partial charge in [0, 0.05) is 23.9 Å². The van der Waals surface area contributed by atoms with Crippen molar-refractivity contribution in [3.05, 3.63) is 48.0 Å². The third-order valence-electron chi connectivity index (χ3n) is 4.53. The molecule has 6 nitrogen and oxygen atoms in total. The molecule has 1 aliphatic rings. The Kier molecular flexibility index (Phi) is 6.99. The fraction of sp³-hybridized carbons (Fsp3) is 0.350. The van der Waals surface area contributed by atoms with Crippen molar-refractivity contribution in [2.45, 2.75) is 32.5 Å². The van der Waals surface area contributed by atoms with Crippen LogP contribution in [-0.2, 0) is 16.2 Å². The molecule has 1 fully saturated rings. The van der Waals surface area contributed by atoms with Gasteiger partial charge in [-0.3, -0.25) is 9.52 Å². The maximum atomic E-state index is 12.9. The molecule has 2 aromatic rings. The smallest absolute Gasteiger partial charge is 0.265 e. The van der Waals surface area contributed by atoms with Gasteiger partial charge in [-0.2, -0.15) is 0 Å². The van der Waals surface area contributed by atoms with Crippen molar-refractivity contribution in [2.24, 2.45) is 5.92 Å². The summed E-state index contributed by atoms with van der Waals surface area (Å²) in [4.78, 5) is 12.0. The number of amides is 1. The maximum Gasteiger partial charge on any atom is 0.265 e. The van der Waals surface area contributed by atoms with E-state index in [1.165, 1.54) is 19.2 Å². The molecule has 0 spiro atoms. The summed E-state index contributed by atoms with van der Waals surface area (Å²) >= 11 is 4.60. The minimum absolute atomic E-state index is 0.0114. The van der Waals surface area contributed by atoms with E-state index in [0.717, 1.165) is 18.4 Å². The first kappa shape index (κ1) is 22.6. The van der Waals surface area contributed by atoms with E-state index in [1.807, 2.05) is 25.1 Å². The summed E-state index contributed by atoms with van der Waals surface area (Å²) in [6.45, 7) is 2.04. The van der Waals surface area contributed by atoms with E-state index in [0.29, 0.717) is 23.7 Å². The molecule has 29 heavy (non-hydrogen) atoms. The normalized spacial score (nSPS) is 14.3. The molecule has 2 aromatic carbocycles. The Bertz CT molecular complexity index is 1020. The summed E-state index contributed by atoms with van der Waals surface area (Å²) in [6, 6.07) is 11.8. The minimum Gasteiger partial charge on any atom is -0.495 e. The first-order valence-electron chi connectivity index (χ1n) is 9.07. The number of anilines is 2. The molecule has 9 heteroatoms. The number of hydrogen-bond donors (Lipinski definition) is 2. The first-order valence-corrected chi connectivity index (χ1v) is 12.7. The number of ether oxygens (including phenoxy) is 1. The highest BCUT2D eigenvalue weighted by molar-refractivity contribution is 14.2. The van der Waals surface area contributed by atoms with Crippen LogP contribution in [0.1, 0.15) is 31.7 Å². The summed E-state index contributed by atoms with van der Waals surface area (Å²) in [6.07, 6.45) is 2.68. The van der Waals surface area contributed by atoms with Gasteiger partial charge in [0.25, 0.3) is 10.0 Å². The molecule has 0 radical (unpaired) electrons. The SMILES string of the molecule is COc1cc(NC(=O)CC2CC2)ccc1S(=O)(=O)Nc1cccc(C(C)(I)I)c1. The molecule has 0 bridgehead atoms. The molecule has 1 amide bonds. The first-order chi connectivity index (χ1) is 13.6. The Morgan fingerprint density at radius 2 is 1.90 bits per heavy atom. The number of sulfonamides is 1. The zero-order valence-corrected chi connectivity index (χ0v) is 21.2. The highest BCUT2D eigenvalue weighted by atomic mass is 127. The van der Waals surface area contributed by atoms with Gasteiger partial charge >= 0.3 is 0 Å². The quantitative estimate of drug-likeness (QED) is 0.304. The Labute approximate surface area is 198 Å². The van der Waals surface area contributed by atoms with Crippen molar-refractivity contribution in [2.75, 3.05) is 17.1 Å². The van der Waals surface area contributed by atoms with E-state index < -0.39 is 10.0 Å². The predicted molar refractivity (Wildman–Crippen MR) is 132 cm³/mol. The van der Waals surface area contributed by atoms with Crippen LogP contribution < -0.4 is 14.8 Å². The Morgan fingerprint density at radius 3 is 2.52 bits per heavy atom. The lowest BCUT2D eigenvalue weighted by Crippen LogP contribution is -2.16. The van der Waals surface area contributed by atoms with Crippen LogP contribution in [-0.4, -0.2) is 21.4 Å². The third kappa shape index (κ3) is 6.20. The summed E-state index contributed by atoms with van der Waals surface area (Å²) in [5.41, 5.74) is 1.99. The molecule has 0 unspecified atom stereocenters. The highest BCUT2D eigenvalue weighted by Gasteiger charge is 2.25. The van der Waals surface area contributed by atoms with Crippen LogP contribution in [0.3, 0.4) is 0 Å². The van der Waals surface area contributed by atoms with E-state index in [2.05, 4.69) is 55.2 Å². The standard InChI is InChI=1S/C20H22I2N2O4S/c1-20(21,22)14-4-3-5-16(11-14)24-29(26,27)18-9-8-15(12-17(18)28-2)23-19(25)10-13-6-7-13/h3-5,8-9,11-13,24H,6-7,10H2,1-2H3,(H,23,25). The lowest BCUT2D eigenvalue weighted by molar-refractivity contribution is -0.116. The molecule has 1 saturated carbocycles. The third-order valence-corrected chi connectivity index (χ3v) is 7.20. The van der Waals surface area contributed by atoms with Crippen LogP contribution in [0.2, 0.25) is 0 Å². The van der Waals surface area contributed by atoms with E-state index in [-0.39, 0.29) is 18.0 Å². The number of halogens is 2. The number of rotatable bonds is 8. The Morgan fingerprint density at radius 1 is 1.17 bits per heavy atom. The Hall–Kier alpha value is -1.08. The fourth-order valence-corrected chi connectivity index (χ4v) is 4.70. The lowest BCUT2D eigenvalue weighted by atomic mass is 10.1. The minimum atomic E-state index is -3.87. The van der Waals surface area contributed by atoms with Crippen molar-refractivity contribution in [1.82, 2.24) is 0 Å². The van der Waals surface area contributed by atoms with Crippen LogP contribution in [0.4, 0.5) is 11.4 Å². The van der Waals surface area contributed by atoms with Gasteiger partial charge in [0.1, 0.15) is 10.6 Å². The average Bonchev–Trinajstić information content (AvgIpc) is 3.44. The zero-order chi connectivity index (χ0) is 21.2. The van der Waals surface area contributed by atoms with Crippen molar-refractivity contribution >= 4 is 72.5 Å². The molecule has 0 aliphatic heterocycles. The number of carbonyl (C=O) groups excluding carboxylic acids is 1. The van der Waals surface area contributed by atoms with E-state index in [4.69, 9.17) is 4.74 Å². The molecule has 0 atom stereocenters. The second kappa shape index (κ2) is 8.96. The van der Waals surface area contributed by atoms with Crippen LogP contribution in [0.5, 0.6) is 5.75 Å². The molecule has 2 N–H and O–H groups in total. The van der Waals surface area contributed by atoms with E-state index in [9.17, 15) is 13.2 Å². The lowest BCUT2D eigenvalue weighted by Gasteiger charge is -2.17. The molecular formula is C20H22I2N2O4S. The number of carbonyl (C=O) groups is 1. The van der Waals surface area contributed by atoms with Crippen molar-refractivity contribution in [3.8, 4) is 5.75 Å². The molecule has 3 rings (SSSR count). The molecule has 156 valence electrons. The number of hydrogen-bond acceptors (Lipinski definition) is 4. The molecule has 0 aromatic heterocycles. The van der Waals surface area contributed by atoms with Gasteiger partial charge in [-0.15, -0.1) is 0 Å². The van der Waals surface area contributed by atoms with Crippen LogP contribution in [0, 0.1) is 5.92 Å². The van der Waals surface area contributed by atoms with Gasteiger partial charge in [-0.1, -0.05) is 57.3 Å². The van der Waals surface area contributed by atoms with Crippen molar-refractivity contribution in [3.63, 3.8) is 0 Å². The van der Waals surface area contributed by atoms with Crippen LogP contribution in [0.25, 0.3) is 0 Å². The topological polar surface area (TPSA) is 84.5 Å². The number of methoxy groups -OCH3 is 1. The van der Waals surface area contributed by atoms with E-state index in [1.54, 1.807) is 12.1 Å². The predicted octanol–water partition coefficient (Wildman–Crippen LogP) is 5.28. The van der Waals surface area contributed by atoms with Gasteiger partial charge in [-0.25, -0.2) is 8.42 Å². The van der Waals surface area contributed by atoms with E-state index >= 15 is 0 Å². The van der Waals surface area contributed by atoms with Gasteiger partial charge in [0.15, 0.2) is 0 Å². The van der Waals surface area contributed by atoms with Gasteiger partial charge in [0.2, 0.25) is 5.91 Å². The summed E-state index contributed by atoms with van der Waals surface area (Å²) in [7, 11) is -2.46. The summed E-state index contributed by atoms with van der Waals surface area (Å²) in [5.74, 6) is 0.578. The van der Waals surface area contributed by atoms with Crippen LogP contribution >= 0.6 is 45.2 Å². The summed E-state index contributed by atoms with van der Waals surface area (Å²) < 4.78 is 33.6. The monoisotopic (exact) mass is 640 g/mol. The van der Waals surface area contributed by atoms with Gasteiger partial charge in [0.05, 0.1) is 8.54 Å². The second-order valence-electron chi connectivity index (χ2n) is 7.14. The van der Waals surface area contributed by atoms with Crippen molar-refractivity contribution < 1.29 is 17.9 Å². The summed E-state index contributed by atoms with van der Waals surface area (Å²) in [5, 5.41) is 2.80. The van der Waals surface area contributed by atoms with Gasteiger partial charge in [-0.05, 0) is 55.5 Å². The average molecular weight is 640 g/mol. The van der Waals surface area contributed by atoms with Crippen molar-refractivity contribution in [1.29, 1.82) is 0 Å². The number of alkyl halides is 2. The van der Waals surface area contributed by atoms with Gasteiger partial charge < -0.3 is 10.1 Å². The maximum absolute atomic E-state index is 12.9. The number of nitrogens with one attached hydrogen (secondary N) is 2. The molecule has 0 saturated heterocycles. The largest absolute Gasteiger partial charge is 0.495 e. The zero-order valence-electron chi connectivity index (χ0n) is 16.0.